The zero-order chi connectivity index (χ0) is 13.5. The molecule has 0 aromatic carbocycles. The first-order valence-electron chi connectivity index (χ1n) is 6.66. The maximum absolute atomic E-state index is 4.41. The Morgan fingerprint density at radius 2 is 2.17 bits per heavy atom. The first-order valence-corrected chi connectivity index (χ1v) is 8.50. The SMILES string of the molecule is CCCNC(CSC(C)C)c1c(Br)cnn1CC. The van der Waals surface area contributed by atoms with E-state index in [2.05, 4.69) is 58.7 Å². The molecule has 5 heteroatoms. The quantitative estimate of drug-likeness (QED) is 0.783. The molecule has 0 saturated heterocycles. The molecule has 0 aliphatic carbocycles. The van der Waals surface area contributed by atoms with Gasteiger partial charge >= 0.3 is 0 Å². The average molecular weight is 334 g/mol. The van der Waals surface area contributed by atoms with Crippen LogP contribution in [0.5, 0.6) is 0 Å². The second-order valence-corrected chi connectivity index (χ2v) is 7.05. The number of nitrogens with one attached hydrogen (secondary N) is 1. The molecule has 0 saturated carbocycles. The van der Waals surface area contributed by atoms with Gasteiger partial charge in [-0.3, -0.25) is 4.68 Å². The topological polar surface area (TPSA) is 29.9 Å². The summed E-state index contributed by atoms with van der Waals surface area (Å²) in [6, 6.07) is 0.370. The maximum Gasteiger partial charge on any atom is 0.0703 e. The Balaban J connectivity index is 2.82. The van der Waals surface area contributed by atoms with Crippen molar-refractivity contribution in [2.45, 2.75) is 52.0 Å². The third-order valence-corrected chi connectivity index (χ3v) is 4.50. The summed E-state index contributed by atoms with van der Waals surface area (Å²) < 4.78 is 3.19. The molecule has 1 aromatic rings. The van der Waals surface area contributed by atoms with Crippen molar-refractivity contribution in [1.82, 2.24) is 15.1 Å². The summed E-state index contributed by atoms with van der Waals surface area (Å²) in [5.41, 5.74) is 1.28. The summed E-state index contributed by atoms with van der Waals surface area (Å²) in [4.78, 5) is 0. The van der Waals surface area contributed by atoms with Crippen LogP contribution in [0.25, 0.3) is 0 Å². The molecular formula is C13H24BrN3S. The van der Waals surface area contributed by atoms with Gasteiger partial charge in [0.2, 0.25) is 0 Å². The van der Waals surface area contributed by atoms with Gasteiger partial charge in [-0.05, 0) is 41.1 Å². The fourth-order valence-corrected chi connectivity index (χ4v) is 3.24. The van der Waals surface area contributed by atoms with Crippen molar-refractivity contribution in [3.8, 4) is 0 Å². The summed E-state index contributed by atoms with van der Waals surface area (Å²) in [7, 11) is 0. The van der Waals surface area contributed by atoms with E-state index in [0.717, 1.165) is 29.7 Å². The normalized spacial score (nSPS) is 13.2. The molecular weight excluding hydrogens is 310 g/mol. The van der Waals surface area contributed by atoms with Gasteiger partial charge in [0.05, 0.1) is 22.4 Å². The number of thioether (sulfide) groups is 1. The van der Waals surface area contributed by atoms with Crippen molar-refractivity contribution in [3.05, 3.63) is 16.4 Å². The molecule has 3 nitrogen and oxygen atoms in total. The molecule has 104 valence electrons. The minimum Gasteiger partial charge on any atom is -0.308 e. The van der Waals surface area contributed by atoms with Crippen LogP contribution in [0.1, 0.15) is 45.9 Å². The van der Waals surface area contributed by atoms with Gasteiger partial charge in [-0.25, -0.2) is 0 Å². The van der Waals surface area contributed by atoms with Gasteiger partial charge in [0.1, 0.15) is 0 Å². The van der Waals surface area contributed by atoms with Crippen LogP contribution in [0, 0.1) is 0 Å². The van der Waals surface area contributed by atoms with Crippen LogP contribution < -0.4 is 5.32 Å². The lowest BCUT2D eigenvalue weighted by atomic mass is 10.2. The van der Waals surface area contributed by atoms with E-state index in [1.807, 2.05) is 18.0 Å². The Labute approximate surface area is 123 Å². The van der Waals surface area contributed by atoms with E-state index >= 15 is 0 Å². The van der Waals surface area contributed by atoms with E-state index in [-0.39, 0.29) is 0 Å². The van der Waals surface area contributed by atoms with Crippen LogP contribution in [0.4, 0.5) is 0 Å². The Morgan fingerprint density at radius 1 is 1.44 bits per heavy atom. The second kappa shape index (κ2) is 8.23. The number of hydrogen-bond donors (Lipinski definition) is 1. The first kappa shape index (κ1) is 16.1. The van der Waals surface area contributed by atoms with Crippen LogP contribution >= 0.6 is 27.7 Å². The van der Waals surface area contributed by atoms with Crippen molar-refractivity contribution in [2.75, 3.05) is 12.3 Å². The Morgan fingerprint density at radius 3 is 2.72 bits per heavy atom. The van der Waals surface area contributed by atoms with E-state index in [1.165, 1.54) is 5.69 Å². The summed E-state index contributed by atoms with van der Waals surface area (Å²) in [6.45, 7) is 10.8. The molecule has 1 rings (SSSR count). The van der Waals surface area contributed by atoms with Crippen molar-refractivity contribution in [1.29, 1.82) is 0 Å². The third kappa shape index (κ3) is 4.59. The van der Waals surface area contributed by atoms with Crippen molar-refractivity contribution >= 4 is 27.7 Å². The van der Waals surface area contributed by atoms with E-state index in [0.29, 0.717) is 11.3 Å². The summed E-state index contributed by atoms with van der Waals surface area (Å²) >= 11 is 5.62. The fourth-order valence-electron chi connectivity index (χ4n) is 1.81. The summed E-state index contributed by atoms with van der Waals surface area (Å²) in [5, 5.41) is 8.70. The van der Waals surface area contributed by atoms with Crippen LogP contribution in [-0.4, -0.2) is 27.3 Å². The van der Waals surface area contributed by atoms with Gasteiger partial charge in [-0.1, -0.05) is 20.8 Å². The number of aromatic nitrogens is 2. The predicted octanol–water partition coefficient (Wildman–Crippen LogP) is 3.85. The molecule has 0 amide bonds. The van der Waals surface area contributed by atoms with Gasteiger partial charge in [-0.2, -0.15) is 16.9 Å². The average Bonchev–Trinajstić information content (AvgIpc) is 2.71. The molecule has 0 radical (unpaired) electrons. The van der Waals surface area contributed by atoms with Crippen molar-refractivity contribution in [3.63, 3.8) is 0 Å². The van der Waals surface area contributed by atoms with Gasteiger partial charge < -0.3 is 5.32 Å². The second-order valence-electron chi connectivity index (χ2n) is 4.58. The van der Waals surface area contributed by atoms with Gasteiger partial charge in [0.15, 0.2) is 0 Å². The third-order valence-electron chi connectivity index (χ3n) is 2.70. The largest absolute Gasteiger partial charge is 0.308 e. The standard InChI is InChI=1S/C13H24BrN3S/c1-5-7-15-12(9-18-10(3)4)13-11(14)8-16-17(13)6-2/h8,10,12,15H,5-7,9H2,1-4H3. The predicted molar refractivity (Wildman–Crippen MR) is 84.2 cm³/mol. The number of nitrogens with zero attached hydrogens (tertiary/aromatic N) is 2. The zero-order valence-electron chi connectivity index (χ0n) is 11.7. The molecule has 0 fully saturated rings. The van der Waals surface area contributed by atoms with Gasteiger partial charge in [0, 0.05) is 12.3 Å². The summed E-state index contributed by atoms with van der Waals surface area (Å²) in [6.07, 6.45) is 3.06. The molecule has 0 aliphatic heterocycles. The number of rotatable bonds is 8. The lowest BCUT2D eigenvalue weighted by Gasteiger charge is -2.21. The van der Waals surface area contributed by atoms with Crippen molar-refractivity contribution < 1.29 is 0 Å². The van der Waals surface area contributed by atoms with Crippen LogP contribution in [0.2, 0.25) is 0 Å². The molecule has 1 N–H and O–H groups in total. The molecule has 0 aliphatic rings. The molecule has 0 bridgehead atoms. The molecule has 1 aromatic heterocycles. The number of hydrogen-bond acceptors (Lipinski definition) is 3. The lowest BCUT2D eigenvalue weighted by Crippen LogP contribution is -2.27. The number of aryl methyl sites for hydroxylation is 1. The summed E-state index contributed by atoms with van der Waals surface area (Å²) in [5.74, 6) is 1.09. The highest BCUT2D eigenvalue weighted by molar-refractivity contribution is 9.10. The monoisotopic (exact) mass is 333 g/mol. The Kier molecular flexibility index (Phi) is 7.34. The van der Waals surface area contributed by atoms with Crippen LogP contribution in [0.15, 0.2) is 10.7 Å². The Bertz CT molecular complexity index is 352. The molecule has 1 heterocycles. The smallest absolute Gasteiger partial charge is 0.0703 e. The van der Waals surface area contributed by atoms with E-state index < -0.39 is 0 Å². The van der Waals surface area contributed by atoms with Gasteiger partial charge in [0.25, 0.3) is 0 Å². The lowest BCUT2D eigenvalue weighted by molar-refractivity contribution is 0.512. The highest BCUT2D eigenvalue weighted by Crippen LogP contribution is 2.27. The molecule has 18 heavy (non-hydrogen) atoms. The van der Waals surface area contributed by atoms with E-state index in [1.54, 1.807) is 0 Å². The van der Waals surface area contributed by atoms with Crippen LogP contribution in [-0.2, 0) is 6.54 Å². The van der Waals surface area contributed by atoms with Gasteiger partial charge in [-0.15, -0.1) is 0 Å². The highest BCUT2D eigenvalue weighted by Gasteiger charge is 2.19. The fraction of sp³-hybridized carbons (Fsp3) is 0.769. The van der Waals surface area contributed by atoms with E-state index in [9.17, 15) is 0 Å². The Hall–Kier alpha value is 0. The minimum atomic E-state index is 0.370. The first-order chi connectivity index (χ1) is 8.60. The maximum atomic E-state index is 4.41. The molecule has 1 unspecified atom stereocenters. The van der Waals surface area contributed by atoms with Crippen LogP contribution in [0.3, 0.4) is 0 Å². The number of halogens is 1. The van der Waals surface area contributed by atoms with E-state index in [4.69, 9.17) is 0 Å². The zero-order valence-corrected chi connectivity index (χ0v) is 14.1. The molecule has 0 spiro atoms. The minimum absolute atomic E-state index is 0.370. The van der Waals surface area contributed by atoms with Crippen molar-refractivity contribution in [2.24, 2.45) is 0 Å². The molecule has 1 atom stereocenters. The highest BCUT2D eigenvalue weighted by atomic mass is 79.9.